The number of nitrogens with two attached hydrogens (primary N) is 1. The Kier molecular flexibility index (Phi) is 3.22. The van der Waals surface area contributed by atoms with E-state index in [1.54, 1.807) is 13.2 Å². The predicted octanol–water partition coefficient (Wildman–Crippen LogP) is 2.04. The fourth-order valence-electron chi connectivity index (χ4n) is 0.954. The Labute approximate surface area is 78.7 Å². The highest BCUT2D eigenvalue weighted by Gasteiger charge is 1.97. The molecule has 1 aromatic carbocycles. The maximum absolute atomic E-state index is 5.73. The molecule has 1 rings (SSSR count). The van der Waals surface area contributed by atoms with Crippen molar-refractivity contribution in [2.45, 2.75) is 13.3 Å². The lowest BCUT2D eigenvalue weighted by atomic mass is 10.1. The van der Waals surface area contributed by atoms with Crippen LogP contribution in [0, 0.1) is 11.8 Å². The molecule has 13 heavy (non-hydrogen) atoms. The molecule has 0 aliphatic heterocycles. The fourth-order valence-corrected chi connectivity index (χ4v) is 0.954. The highest BCUT2D eigenvalue weighted by atomic mass is 16.5. The van der Waals surface area contributed by atoms with Crippen LogP contribution >= 0.6 is 0 Å². The van der Waals surface area contributed by atoms with E-state index < -0.39 is 0 Å². The van der Waals surface area contributed by atoms with Gasteiger partial charge in [0.2, 0.25) is 0 Å². The van der Waals surface area contributed by atoms with Crippen molar-refractivity contribution in [3.63, 3.8) is 0 Å². The van der Waals surface area contributed by atoms with Gasteiger partial charge in [-0.3, -0.25) is 0 Å². The van der Waals surface area contributed by atoms with E-state index in [0.717, 1.165) is 17.7 Å². The molecule has 0 aliphatic carbocycles. The Balaban J connectivity index is 3.04. The summed E-state index contributed by atoms with van der Waals surface area (Å²) in [5.74, 6) is 6.74. The number of rotatable bonds is 1. The summed E-state index contributed by atoms with van der Waals surface area (Å²) in [6.45, 7) is 2.00. The van der Waals surface area contributed by atoms with Gasteiger partial charge in [-0.05, 0) is 18.2 Å². The van der Waals surface area contributed by atoms with E-state index in [1.807, 2.05) is 19.1 Å². The molecule has 2 heteroatoms. The molecule has 68 valence electrons. The normalized spacial score (nSPS) is 8.77. The molecule has 0 heterocycles. The molecule has 0 atom stereocenters. The zero-order valence-corrected chi connectivity index (χ0v) is 7.92. The summed E-state index contributed by atoms with van der Waals surface area (Å²) in [4.78, 5) is 0. The number of ether oxygens (including phenoxy) is 1. The summed E-state index contributed by atoms with van der Waals surface area (Å²) in [6, 6.07) is 5.48. The molecule has 0 aliphatic rings. The Hall–Kier alpha value is -1.62. The third-order valence-corrected chi connectivity index (χ3v) is 1.66. The first-order chi connectivity index (χ1) is 6.27. The van der Waals surface area contributed by atoms with Crippen LogP contribution in [0.25, 0.3) is 0 Å². The lowest BCUT2D eigenvalue weighted by Crippen LogP contribution is -1.91. The number of hydrogen-bond acceptors (Lipinski definition) is 2. The summed E-state index contributed by atoms with van der Waals surface area (Å²) < 4.78 is 5.07. The summed E-state index contributed by atoms with van der Waals surface area (Å²) in [5.41, 5.74) is 7.26. The Morgan fingerprint density at radius 1 is 1.46 bits per heavy atom. The van der Waals surface area contributed by atoms with E-state index in [1.165, 1.54) is 0 Å². The quantitative estimate of drug-likeness (QED) is 0.523. The molecule has 0 radical (unpaired) electrons. The van der Waals surface area contributed by atoms with Crippen molar-refractivity contribution in [1.29, 1.82) is 0 Å². The van der Waals surface area contributed by atoms with Crippen LogP contribution in [-0.4, -0.2) is 7.11 Å². The highest BCUT2D eigenvalue weighted by Crippen LogP contribution is 2.18. The lowest BCUT2D eigenvalue weighted by molar-refractivity contribution is 0.415. The Bertz CT molecular complexity index is 347. The minimum absolute atomic E-state index is 0.696. The van der Waals surface area contributed by atoms with E-state index in [2.05, 4.69) is 11.8 Å². The smallest absolute Gasteiger partial charge is 0.120 e. The van der Waals surface area contributed by atoms with Gasteiger partial charge in [-0.1, -0.05) is 18.8 Å². The van der Waals surface area contributed by atoms with Crippen LogP contribution in [0.3, 0.4) is 0 Å². The molecule has 0 amide bonds. The maximum Gasteiger partial charge on any atom is 0.120 e. The molecule has 0 spiro atoms. The number of hydrogen-bond donors (Lipinski definition) is 1. The third-order valence-electron chi connectivity index (χ3n) is 1.66. The average molecular weight is 175 g/mol. The summed E-state index contributed by atoms with van der Waals surface area (Å²) in [6.07, 6.45) is 0.830. The second-order valence-electron chi connectivity index (χ2n) is 2.61. The first-order valence-corrected chi connectivity index (χ1v) is 4.20. The molecule has 1 aromatic rings. The third kappa shape index (κ3) is 2.41. The first-order valence-electron chi connectivity index (χ1n) is 4.20. The number of benzene rings is 1. The summed E-state index contributed by atoms with van der Waals surface area (Å²) in [7, 11) is 1.63. The molecule has 0 unspecified atom stereocenters. The SMILES string of the molecule is CCC#Cc1cc(OC)ccc1N. The van der Waals surface area contributed by atoms with E-state index >= 15 is 0 Å². The largest absolute Gasteiger partial charge is 0.497 e. The van der Waals surface area contributed by atoms with Gasteiger partial charge in [0.1, 0.15) is 5.75 Å². The molecule has 2 N–H and O–H groups in total. The van der Waals surface area contributed by atoms with Crippen molar-refractivity contribution in [3.05, 3.63) is 23.8 Å². The van der Waals surface area contributed by atoms with E-state index in [9.17, 15) is 0 Å². The molecular weight excluding hydrogens is 162 g/mol. The van der Waals surface area contributed by atoms with Crippen molar-refractivity contribution in [2.75, 3.05) is 12.8 Å². The fraction of sp³-hybridized carbons (Fsp3) is 0.273. The van der Waals surface area contributed by atoms with Crippen LogP contribution in [0.1, 0.15) is 18.9 Å². The van der Waals surface area contributed by atoms with Crippen molar-refractivity contribution in [2.24, 2.45) is 0 Å². The van der Waals surface area contributed by atoms with Crippen molar-refractivity contribution in [3.8, 4) is 17.6 Å². The van der Waals surface area contributed by atoms with E-state index in [0.29, 0.717) is 5.69 Å². The van der Waals surface area contributed by atoms with Gasteiger partial charge >= 0.3 is 0 Å². The van der Waals surface area contributed by atoms with Crippen LogP contribution in [0.15, 0.2) is 18.2 Å². The van der Waals surface area contributed by atoms with Gasteiger partial charge in [0, 0.05) is 12.1 Å². The Morgan fingerprint density at radius 3 is 2.85 bits per heavy atom. The maximum atomic E-state index is 5.73. The second-order valence-corrected chi connectivity index (χ2v) is 2.61. The Morgan fingerprint density at radius 2 is 2.23 bits per heavy atom. The van der Waals surface area contributed by atoms with Crippen LogP contribution in [0.4, 0.5) is 5.69 Å². The number of nitrogen functional groups attached to an aromatic ring is 1. The minimum atomic E-state index is 0.696. The van der Waals surface area contributed by atoms with E-state index in [-0.39, 0.29) is 0 Å². The lowest BCUT2D eigenvalue weighted by Gasteiger charge is -2.02. The number of methoxy groups -OCH3 is 1. The van der Waals surface area contributed by atoms with Crippen molar-refractivity contribution >= 4 is 5.69 Å². The van der Waals surface area contributed by atoms with Gasteiger partial charge in [-0.2, -0.15) is 0 Å². The van der Waals surface area contributed by atoms with Crippen LogP contribution in [0.5, 0.6) is 5.75 Å². The standard InChI is InChI=1S/C11H13NO/c1-3-4-5-9-8-10(13-2)6-7-11(9)12/h6-8H,3,12H2,1-2H3. The molecule has 0 aromatic heterocycles. The predicted molar refractivity (Wildman–Crippen MR) is 54.6 cm³/mol. The molecule has 0 fully saturated rings. The second kappa shape index (κ2) is 4.42. The van der Waals surface area contributed by atoms with Gasteiger partial charge in [0.05, 0.1) is 12.7 Å². The topological polar surface area (TPSA) is 35.2 Å². The van der Waals surface area contributed by atoms with Gasteiger partial charge in [0.15, 0.2) is 0 Å². The van der Waals surface area contributed by atoms with Crippen LogP contribution in [0.2, 0.25) is 0 Å². The summed E-state index contributed by atoms with van der Waals surface area (Å²) in [5, 5.41) is 0. The summed E-state index contributed by atoms with van der Waals surface area (Å²) >= 11 is 0. The van der Waals surface area contributed by atoms with Crippen LogP contribution in [-0.2, 0) is 0 Å². The molecular formula is C11H13NO. The van der Waals surface area contributed by atoms with E-state index in [4.69, 9.17) is 10.5 Å². The zero-order valence-electron chi connectivity index (χ0n) is 7.92. The monoisotopic (exact) mass is 175 g/mol. The zero-order chi connectivity index (χ0) is 9.68. The molecule has 0 bridgehead atoms. The van der Waals surface area contributed by atoms with Gasteiger partial charge in [-0.15, -0.1) is 0 Å². The van der Waals surface area contributed by atoms with Crippen LogP contribution < -0.4 is 10.5 Å². The van der Waals surface area contributed by atoms with Gasteiger partial charge in [-0.25, -0.2) is 0 Å². The molecule has 0 saturated carbocycles. The average Bonchev–Trinajstić information content (AvgIpc) is 2.17. The van der Waals surface area contributed by atoms with Gasteiger partial charge in [0.25, 0.3) is 0 Å². The highest BCUT2D eigenvalue weighted by molar-refractivity contribution is 5.58. The number of anilines is 1. The van der Waals surface area contributed by atoms with Crippen molar-refractivity contribution < 1.29 is 4.74 Å². The first kappa shape index (κ1) is 9.47. The molecule has 0 saturated heterocycles. The minimum Gasteiger partial charge on any atom is -0.497 e. The van der Waals surface area contributed by atoms with Crippen molar-refractivity contribution in [1.82, 2.24) is 0 Å². The van der Waals surface area contributed by atoms with Gasteiger partial charge < -0.3 is 10.5 Å². The molecule has 2 nitrogen and oxygen atoms in total.